The highest BCUT2D eigenvalue weighted by molar-refractivity contribution is 5.43. The van der Waals surface area contributed by atoms with Gasteiger partial charge in [-0.15, -0.1) is 0 Å². The van der Waals surface area contributed by atoms with Crippen molar-refractivity contribution in [2.75, 3.05) is 6.61 Å². The van der Waals surface area contributed by atoms with Gasteiger partial charge in [0.2, 0.25) is 0 Å². The standard InChI is InChI=1S/C17H20F2N2O/c1-4-22-10-12-9-20-11-21(12)15-13-7-5-6-8-14(13)17(18,19)16(15,2)3/h5-9,11,15H,4,10H2,1-3H3/t15-/m1/s1. The maximum atomic E-state index is 14.9. The Hall–Kier alpha value is -1.75. The van der Waals surface area contributed by atoms with Gasteiger partial charge in [-0.2, -0.15) is 0 Å². The van der Waals surface area contributed by atoms with Gasteiger partial charge < -0.3 is 9.30 Å². The molecule has 3 nitrogen and oxygen atoms in total. The molecule has 3 rings (SSSR count). The second kappa shape index (κ2) is 5.16. The van der Waals surface area contributed by atoms with Crippen molar-refractivity contribution in [3.63, 3.8) is 0 Å². The first-order chi connectivity index (χ1) is 10.4. The van der Waals surface area contributed by atoms with Crippen molar-refractivity contribution >= 4 is 0 Å². The van der Waals surface area contributed by atoms with Crippen LogP contribution in [0.5, 0.6) is 0 Å². The predicted octanol–water partition coefficient (Wildman–Crippen LogP) is 4.14. The zero-order chi connectivity index (χ0) is 16.0. The molecule has 2 aromatic rings. The normalized spacial score (nSPS) is 21.8. The van der Waals surface area contributed by atoms with E-state index in [1.165, 1.54) is 6.07 Å². The molecule has 1 aliphatic rings. The van der Waals surface area contributed by atoms with Crippen molar-refractivity contribution in [3.8, 4) is 0 Å². The quantitative estimate of drug-likeness (QED) is 0.849. The Balaban J connectivity index is 2.13. The molecule has 118 valence electrons. The van der Waals surface area contributed by atoms with Gasteiger partial charge in [0.1, 0.15) is 0 Å². The van der Waals surface area contributed by atoms with Crippen LogP contribution in [-0.2, 0) is 17.3 Å². The van der Waals surface area contributed by atoms with Crippen LogP contribution in [0.2, 0.25) is 0 Å². The number of alkyl halides is 2. The number of fused-ring (bicyclic) bond motifs is 1. The number of hydrogen-bond donors (Lipinski definition) is 0. The average molecular weight is 306 g/mol. The molecule has 0 fully saturated rings. The van der Waals surface area contributed by atoms with E-state index in [-0.39, 0.29) is 5.56 Å². The first kappa shape index (κ1) is 15.2. The van der Waals surface area contributed by atoms with E-state index in [0.29, 0.717) is 18.8 Å². The van der Waals surface area contributed by atoms with E-state index in [4.69, 9.17) is 4.74 Å². The molecule has 1 aromatic carbocycles. The highest BCUT2D eigenvalue weighted by atomic mass is 19.3. The summed E-state index contributed by atoms with van der Waals surface area (Å²) in [4.78, 5) is 4.14. The van der Waals surface area contributed by atoms with E-state index >= 15 is 0 Å². The van der Waals surface area contributed by atoms with Crippen molar-refractivity contribution in [2.24, 2.45) is 5.41 Å². The third kappa shape index (κ3) is 1.99. The molecular formula is C17H20F2N2O. The molecule has 0 spiro atoms. The molecule has 1 heterocycles. The summed E-state index contributed by atoms with van der Waals surface area (Å²) in [5.74, 6) is -2.89. The Morgan fingerprint density at radius 2 is 2.00 bits per heavy atom. The van der Waals surface area contributed by atoms with E-state index in [1.54, 1.807) is 38.5 Å². The third-order valence-corrected chi connectivity index (χ3v) is 4.56. The highest BCUT2D eigenvalue weighted by Crippen LogP contribution is 2.60. The molecule has 0 aliphatic heterocycles. The monoisotopic (exact) mass is 306 g/mol. The lowest BCUT2D eigenvalue weighted by atomic mass is 9.82. The van der Waals surface area contributed by atoms with Crippen LogP contribution in [0.3, 0.4) is 0 Å². The SMILES string of the molecule is CCOCc1cncn1[C@@H]1c2ccccc2C(F)(F)C1(C)C. The topological polar surface area (TPSA) is 27.1 Å². The maximum Gasteiger partial charge on any atom is 0.280 e. The molecule has 0 amide bonds. The fraction of sp³-hybridized carbons (Fsp3) is 0.471. The van der Waals surface area contributed by atoms with Gasteiger partial charge in [0.15, 0.2) is 0 Å². The zero-order valence-electron chi connectivity index (χ0n) is 13.0. The summed E-state index contributed by atoms with van der Waals surface area (Å²) in [6.07, 6.45) is 3.31. The highest BCUT2D eigenvalue weighted by Gasteiger charge is 2.60. The minimum absolute atomic E-state index is 0.112. The number of benzene rings is 1. The maximum absolute atomic E-state index is 14.9. The van der Waals surface area contributed by atoms with E-state index in [2.05, 4.69) is 4.98 Å². The molecule has 0 unspecified atom stereocenters. The number of hydrogen-bond acceptors (Lipinski definition) is 2. The Kier molecular flexibility index (Phi) is 3.56. The summed E-state index contributed by atoms with van der Waals surface area (Å²) in [7, 11) is 0. The van der Waals surface area contributed by atoms with Gasteiger partial charge in [-0.3, -0.25) is 0 Å². The first-order valence-corrected chi connectivity index (χ1v) is 7.47. The minimum Gasteiger partial charge on any atom is -0.375 e. The summed E-state index contributed by atoms with van der Waals surface area (Å²) in [5, 5.41) is 0. The summed E-state index contributed by atoms with van der Waals surface area (Å²) < 4.78 is 37.0. The van der Waals surface area contributed by atoms with Crippen LogP contribution in [0.4, 0.5) is 8.78 Å². The fourth-order valence-corrected chi connectivity index (χ4v) is 3.31. The van der Waals surface area contributed by atoms with E-state index in [0.717, 1.165) is 5.69 Å². The largest absolute Gasteiger partial charge is 0.375 e. The smallest absolute Gasteiger partial charge is 0.280 e. The van der Waals surface area contributed by atoms with Crippen molar-refractivity contribution < 1.29 is 13.5 Å². The Labute approximate surface area is 128 Å². The van der Waals surface area contributed by atoms with Crippen LogP contribution in [0, 0.1) is 5.41 Å². The van der Waals surface area contributed by atoms with Crippen molar-refractivity contribution in [1.82, 2.24) is 9.55 Å². The molecule has 1 aliphatic carbocycles. The molecule has 0 N–H and O–H groups in total. The molecule has 1 atom stereocenters. The molecule has 5 heteroatoms. The summed E-state index contributed by atoms with van der Waals surface area (Å²) in [6.45, 7) is 6.08. The molecule has 0 saturated heterocycles. The number of rotatable bonds is 4. The lowest BCUT2D eigenvalue weighted by Gasteiger charge is -2.34. The molecular weight excluding hydrogens is 286 g/mol. The van der Waals surface area contributed by atoms with Crippen LogP contribution >= 0.6 is 0 Å². The van der Waals surface area contributed by atoms with Gasteiger partial charge in [0, 0.05) is 12.2 Å². The van der Waals surface area contributed by atoms with E-state index in [1.807, 2.05) is 17.6 Å². The number of imidazole rings is 1. The summed E-state index contributed by atoms with van der Waals surface area (Å²) in [5.41, 5.74) is 0.347. The van der Waals surface area contributed by atoms with E-state index in [9.17, 15) is 8.78 Å². The van der Waals surface area contributed by atoms with Gasteiger partial charge in [-0.05, 0) is 12.5 Å². The van der Waals surface area contributed by atoms with Crippen molar-refractivity contribution in [3.05, 3.63) is 53.6 Å². The van der Waals surface area contributed by atoms with Gasteiger partial charge in [0.05, 0.1) is 36.3 Å². The Morgan fingerprint density at radius 1 is 1.27 bits per heavy atom. The second-order valence-corrected chi connectivity index (χ2v) is 6.22. The Bertz CT molecular complexity index is 679. The van der Waals surface area contributed by atoms with Crippen LogP contribution in [0.25, 0.3) is 0 Å². The number of ether oxygens (including phenoxy) is 1. The first-order valence-electron chi connectivity index (χ1n) is 7.47. The zero-order valence-corrected chi connectivity index (χ0v) is 13.0. The van der Waals surface area contributed by atoms with Crippen LogP contribution in [-0.4, -0.2) is 16.2 Å². The van der Waals surface area contributed by atoms with Gasteiger partial charge in [-0.25, -0.2) is 13.8 Å². The van der Waals surface area contributed by atoms with Gasteiger partial charge in [-0.1, -0.05) is 38.1 Å². The number of aromatic nitrogens is 2. The molecule has 22 heavy (non-hydrogen) atoms. The Morgan fingerprint density at radius 3 is 2.73 bits per heavy atom. The molecule has 1 aromatic heterocycles. The van der Waals surface area contributed by atoms with E-state index < -0.39 is 17.4 Å². The lowest BCUT2D eigenvalue weighted by molar-refractivity contribution is -0.113. The van der Waals surface area contributed by atoms with Crippen LogP contribution in [0.1, 0.15) is 43.6 Å². The molecule has 0 saturated carbocycles. The van der Waals surface area contributed by atoms with Crippen molar-refractivity contribution in [1.29, 1.82) is 0 Å². The summed E-state index contributed by atoms with van der Waals surface area (Å²) in [6, 6.07) is 6.32. The van der Waals surface area contributed by atoms with Crippen molar-refractivity contribution in [2.45, 2.75) is 39.3 Å². The summed E-state index contributed by atoms with van der Waals surface area (Å²) >= 11 is 0. The van der Waals surface area contributed by atoms with Gasteiger partial charge in [0.25, 0.3) is 5.92 Å². The van der Waals surface area contributed by atoms with Gasteiger partial charge >= 0.3 is 0 Å². The lowest BCUT2D eigenvalue weighted by Crippen LogP contribution is -2.35. The number of nitrogens with zero attached hydrogens (tertiary/aromatic N) is 2. The fourth-order valence-electron chi connectivity index (χ4n) is 3.31. The minimum atomic E-state index is -2.89. The van der Waals surface area contributed by atoms with Crippen LogP contribution < -0.4 is 0 Å². The van der Waals surface area contributed by atoms with Crippen LogP contribution in [0.15, 0.2) is 36.8 Å². The molecule has 0 bridgehead atoms. The predicted molar refractivity (Wildman–Crippen MR) is 79.8 cm³/mol. The third-order valence-electron chi connectivity index (χ3n) is 4.56. The molecule has 0 radical (unpaired) electrons. The average Bonchev–Trinajstić information content (AvgIpc) is 2.98. The second-order valence-electron chi connectivity index (χ2n) is 6.22. The number of halogens is 2.